The van der Waals surface area contributed by atoms with Crippen LogP contribution < -0.4 is 9.46 Å². The number of hydrogen-bond acceptors (Lipinski definition) is 6. The van der Waals surface area contributed by atoms with Crippen molar-refractivity contribution in [3.8, 4) is 17.0 Å². The molecule has 0 saturated carbocycles. The van der Waals surface area contributed by atoms with Crippen LogP contribution in [0.25, 0.3) is 11.3 Å². The molecular formula is C21H22F3N4O5S+. The fraction of sp³-hybridized carbons (Fsp3) is 0.286. The second kappa shape index (κ2) is 10.7. The number of nitrogens with one attached hydrogen (secondary N) is 1. The van der Waals surface area contributed by atoms with E-state index in [0.717, 1.165) is 30.2 Å². The fourth-order valence-electron chi connectivity index (χ4n) is 2.92. The Hall–Kier alpha value is -3.45. The first-order valence-corrected chi connectivity index (χ1v) is 11.6. The van der Waals surface area contributed by atoms with Crippen LogP contribution in [0, 0.1) is 0 Å². The number of unbranched alkanes of at least 4 members (excludes halogenated alkanes) is 1. The number of aromatic nitrogens is 3. The van der Waals surface area contributed by atoms with Crippen LogP contribution in [0.5, 0.6) is 5.75 Å². The summed E-state index contributed by atoms with van der Waals surface area (Å²) in [5, 5.41) is 0. The molecule has 13 heteroatoms. The predicted molar refractivity (Wildman–Crippen MR) is 116 cm³/mol. The quantitative estimate of drug-likeness (QED) is 0.325. The Kier molecular flexibility index (Phi) is 7.89. The zero-order valence-corrected chi connectivity index (χ0v) is 18.8. The molecule has 1 amide bonds. The van der Waals surface area contributed by atoms with Gasteiger partial charge in [0.2, 0.25) is 4.90 Å². The van der Waals surface area contributed by atoms with Gasteiger partial charge in [-0.2, -0.15) is 4.55 Å². The molecule has 0 radical (unpaired) electrons. The molecular weight excluding hydrogens is 477 g/mol. The topological polar surface area (TPSA) is 116 Å². The highest BCUT2D eigenvalue weighted by Crippen LogP contribution is 2.34. The average molecular weight is 499 g/mol. The Morgan fingerprint density at radius 1 is 1.26 bits per heavy atom. The minimum atomic E-state index is -4.97. The fourth-order valence-corrected chi connectivity index (χ4v) is 4.03. The number of rotatable bonds is 9. The Labute approximate surface area is 194 Å². The third kappa shape index (κ3) is 7.02. The van der Waals surface area contributed by atoms with Gasteiger partial charge >= 0.3 is 22.9 Å². The molecule has 0 saturated heterocycles. The molecule has 1 atom stereocenters. The summed E-state index contributed by atoms with van der Waals surface area (Å²) in [6.45, 7) is 2.36. The average Bonchev–Trinajstić information content (AvgIpc) is 3.26. The molecule has 3 rings (SSSR count). The lowest BCUT2D eigenvalue weighted by Gasteiger charge is -2.13. The Morgan fingerprint density at radius 3 is 2.68 bits per heavy atom. The molecule has 0 aliphatic carbocycles. The van der Waals surface area contributed by atoms with E-state index in [9.17, 15) is 26.7 Å². The molecule has 2 aromatic heterocycles. The maximum absolute atomic E-state index is 12.9. The number of nitrogens with zero attached hydrogens (tertiary/aromatic N) is 3. The van der Waals surface area contributed by atoms with Crippen LogP contribution >= 0.6 is 0 Å². The van der Waals surface area contributed by atoms with Crippen molar-refractivity contribution in [2.75, 3.05) is 6.61 Å². The lowest BCUT2D eigenvalue weighted by atomic mass is 10.1. The number of carbonyl (C=O) groups is 1. The lowest BCUT2D eigenvalue weighted by Crippen LogP contribution is -2.36. The van der Waals surface area contributed by atoms with Gasteiger partial charge in [-0.05, 0) is 34.4 Å². The Morgan fingerprint density at radius 2 is 2.06 bits per heavy atom. The predicted octanol–water partition coefficient (Wildman–Crippen LogP) is 4.66. The number of imidazole rings is 1. The van der Waals surface area contributed by atoms with E-state index in [1.165, 1.54) is 12.3 Å². The van der Waals surface area contributed by atoms with Gasteiger partial charge in [-0.25, -0.2) is 9.78 Å². The molecule has 1 aromatic carbocycles. The number of halogens is 3. The highest BCUT2D eigenvalue weighted by molar-refractivity contribution is 7.96. The van der Waals surface area contributed by atoms with Crippen LogP contribution in [0.3, 0.4) is 0 Å². The number of amides is 1. The molecule has 3 aromatic rings. The highest BCUT2D eigenvalue weighted by atomic mass is 32.3. The first-order chi connectivity index (χ1) is 16.1. The molecule has 0 fully saturated rings. The van der Waals surface area contributed by atoms with E-state index < -0.39 is 28.6 Å². The minimum absolute atomic E-state index is 0.0446. The van der Waals surface area contributed by atoms with Gasteiger partial charge in [0.15, 0.2) is 0 Å². The van der Waals surface area contributed by atoms with E-state index in [2.05, 4.69) is 14.7 Å². The van der Waals surface area contributed by atoms with E-state index in [1.54, 1.807) is 29.4 Å². The molecule has 2 N–H and O–H groups in total. The summed E-state index contributed by atoms with van der Waals surface area (Å²) in [5.74, 6) is -0.615. The largest absolute Gasteiger partial charge is 0.573 e. The number of ether oxygens (including phenoxy) is 2. The summed E-state index contributed by atoms with van der Waals surface area (Å²) in [6.07, 6.45) is 1.64. The van der Waals surface area contributed by atoms with Crippen molar-refractivity contribution in [3.63, 3.8) is 0 Å². The number of alkyl halides is 3. The highest BCUT2D eigenvalue weighted by Gasteiger charge is 2.38. The summed E-state index contributed by atoms with van der Waals surface area (Å²) in [6, 6.07) is 5.92. The minimum Gasteiger partial charge on any atom is -0.447 e. The summed E-state index contributed by atoms with van der Waals surface area (Å²) >= 11 is 0. The van der Waals surface area contributed by atoms with Crippen molar-refractivity contribution in [3.05, 3.63) is 60.8 Å². The monoisotopic (exact) mass is 499 g/mol. The summed E-state index contributed by atoms with van der Waals surface area (Å²) in [5.41, 5.74) is 0.727. The van der Waals surface area contributed by atoms with Crippen molar-refractivity contribution in [1.29, 1.82) is 0 Å². The summed E-state index contributed by atoms with van der Waals surface area (Å²) < 4.78 is 74.1. The van der Waals surface area contributed by atoms with Crippen molar-refractivity contribution in [1.82, 2.24) is 19.3 Å². The van der Waals surface area contributed by atoms with Crippen LogP contribution in [0.2, 0.25) is 0 Å². The normalized spacial score (nSPS) is 13.2. The molecule has 182 valence electrons. The van der Waals surface area contributed by atoms with E-state index in [0.29, 0.717) is 13.0 Å². The molecule has 0 spiro atoms. The number of carbonyl (C=O) groups excluding carboxylic acids is 1. The standard InChI is InChI=1S/C21H21F3N4O5S/c1-2-3-10-32-20(29)27-34(30,31)19-7-5-16(33-21(22,23)24)11-17(19)18-6-4-15(12-26-18)13-28-9-8-25-14-28/h4-9,11-12,14H,2-3,10,13H2,1H3,(H-,27,29,30,31)/p+1. The van der Waals surface area contributed by atoms with Gasteiger partial charge in [0, 0.05) is 31.2 Å². The van der Waals surface area contributed by atoms with Gasteiger partial charge in [-0.3, -0.25) is 4.98 Å². The maximum atomic E-state index is 12.9. The molecule has 34 heavy (non-hydrogen) atoms. The van der Waals surface area contributed by atoms with Crippen molar-refractivity contribution < 1.29 is 36.2 Å². The smallest absolute Gasteiger partial charge is 0.447 e. The van der Waals surface area contributed by atoms with E-state index in [-0.39, 0.29) is 22.8 Å². The maximum Gasteiger partial charge on any atom is 0.573 e. The van der Waals surface area contributed by atoms with Gasteiger partial charge < -0.3 is 14.0 Å². The van der Waals surface area contributed by atoms with E-state index in [4.69, 9.17) is 4.74 Å². The van der Waals surface area contributed by atoms with Crippen molar-refractivity contribution in [2.45, 2.75) is 37.6 Å². The molecule has 0 aliphatic heterocycles. The number of benzene rings is 1. The zero-order valence-electron chi connectivity index (χ0n) is 18.0. The third-order valence-electron chi connectivity index (χ3n) is 4.46. The van der Waals surface area contributed by atoms with Gasteiger partial charge in [0.1, 0.15) is 5.75 Å². The second-order valence-electron chi connectivity index (χ2n) is 7.11. The van der Waals surface area contributed by atoms with Gasteiger partial charge in [-0.15, -0.1) is 17.9 Å². The number of pyridine rings is 1. The summed E-state index contributed by atoms with van der Waals surface area (Å²) in [7, 11) is -4.25. The zero-order chi connectivity index (χ0) is 24.8. The van der Waals surface area contributed by atoms with Gasteiger partial charge in [0.05, 0.1) is 24.2 Å². The van der Waals surface area contributed by atoms with Crippen molar-refractivity contribution in [2.24, 2.45) is 0 Å². The SMILES string of the molecule is CCCCOC(=O)N[S+](=O)(O)c1ccc(OC(F)(F)F)cc1-c1ccc(Cn2ccnc2)cn1. The van der Waals surface area contributed by atoms with Crippen LogP contribution in [0.4, 0.5) is 18.0 Å². The lowest BCUT2D eigenvalue weighted by molar-refractivity contribution is -0.274. The Balaban J connectivity index is 1.93. The van der Waals surface area contributed by atoms with Crippen LogP contribution in [0.15, 0.2) is 60.1 Å². The van der Waals surface area contributed by atoms with Crippen molar-refractivity contribution >= 4 is 16.5 Å². The molecule has 2 heterocycles. The molecule has 0 bridgehead atoms. The Bertz CT molecular complexity index is 1150. The molecule has 1 unspecified atom stereocenters. The van der Waals surface area contributed by atoms with Crippen LogP contribution in [-0.2, 0) is 25.9 Å². The van der Waals surface area contributed by atoms with E-state index in [1.807, 2.05) is 11.6 Å². The first kappa shape index (κ1) is 25.2. The van der Waals surface area contributed by atoms with Crippen LogP contribution in [0.1, 0.15) is 25.3 Å². The van der Waals surface area contributed by atoms with Crippen LogP contribution in [-0.4, -0.2) is 38.2 Å². The number of hydrogen-bond donors (Lipinski definition) is 2. The molecule has 9 nitrogen and oxygen atoms in total. The van der Waals surface area contributed by atoms with E-state index >= 15 is 0 Å². The third-order valence-corrected chi connectivity index (χ3v) is 5.86. The second-order valence-corrected chi connectivity index (χ2v) is 8.81. The van der Waals surface area contributed by atoms with Gasteiger partial charge in [0.25, 0.3) is 0 Å². The van der Waals surface area contributed by atoms with Gasteiger partial charge in [-0.1, -0.05) is 19.4 Å². The first-order valence-electron chi connectivity index (χ1n) is 10.1. The summed E-state index contributed by atoms with van der Waals surface area (Å²) in [4.78, 5) is 19.7. The molecule has 0 aliphatic rings.